The van der Waals surface area contributed by atoms with Crippen LogP contribution in [0.1, 0.15) is 35.3 Å². The summed E-state index contributed by atoms with van der Waals surface area (Å²) >= 11 is 5.46. The number of nitrogens with one attached hydrogen (secondary N) is 1. The third kappa shape index (κ3) is 4.29. The summed E-state index contributed by atoms with van der Waals surface area (Å²) in [6, 6.07) is 8.20. The Balaban J connectivity index is 1.70. The van der Waals surface area contributed by atoms with Crippen LogP contribution in [0.15, 0.2) is 36.4 Å². The Labute approximate surface area is 209 Å². The molecule has 2 aliphatic heterocycles. The van der Waals surface area contributed by atoms with E-state index in [1.54, 1.807) is 0 Å². The summed E-state index contributed by atoms with van der Waals surface area (Å²) < 4.78 is 55.6. The Hall–Kier alpha value is -3.56. The monoisotopic (exact) mass is 519 g/mol. The van der Waals surface area contributed by atoms with E-state index in [9.17, 15) is 22.8 Å². The zero-order valence-corrected chi connectivity index (χ0v) is 20.1. The molecule has 4 rings (SSSR count). The standard InChI is InChI=1S/C24H21F4N5O2S/c1-23(2)21(35)32(15-4-3-14(13-29)18(11-15)24(26,27)28)22(36)33(23)16-5-6-17(19(25)12-16)20(34)31-9-7-30-8-10-31/h3-6,11-12,30H,7-10H2,1-2H3. The summed E-state index contributed by atoms with van der Waals surface area (Å²) in [6.45, 7) is 5.10. The van der Waals surface area contributed by atoms with E-state index < -0.39 is 40.5 Å². The van der Waals surface area contributed by atoms with Gasteiger partial charge in [0, 0.05) is 31.9 Å². The normalized spacial score (nSPS) is 18.0. The summed E-state index contributed by atoms with van der Waals surface area (Å²) in [7, 11) is 0. The summed E-state index contributed by atoms with van der Waals surface area (Å²) in [5, 5.41) is 12.0. The molecule has 0 atom stereocenters. The maximum absolute atomic E-state index is 15.1. The van der Waals surface area contributed by atoms with Crippen molar-refractivity contribution in [2.24, 2.45) is 0 Å². The zero-order valence-electron chi connectivity index (χ0n) is 19.3. The summed E-state index contributed by atoms with van der Waals surface area (Å²) in [5.74, 6) is -1.90. The summed E-state index contributed by atoms with van der Waals surface area (Å²) in [5.41, 5.74) is -3.30. The highest BCUT2D eigenvalue weighted by molar-refractivity contribution is 7.81. The quantitative estimate of drug-likeness (QED) is 0.493. The first-order valence-corrected chi connectivity index (χ1v) is 11.4. The molecule has 2 aromatic rings. The predicted octanol–water partition coefficient (Wildman–Crippen LogP) is 3.68. The van der Waals surface area contributed by atoms with Crippen LogP contribution in [-0.4, -0.2) is 53.5 Å². The number of piperazine rings is 1. The van der Waals surface area contributed by atoms with Crippen LogP contribution in [0.3, 0.4) is 0 Å². The smallest absolute Gasteiger partial charge is 0.336 e. The van der Waals surface area contributed by atoms with E-state index in [1.807, 2.05) is 0 Å². The number of anilines is 2. The second-order valence-corrected chi connectivity index (χ2v) is 9.23. The van der Waals surface area contributed by atoms with E-state index in [2.05, 4.69) is 5.32 Å². The minimum atomic E-state index is -4.82. The Morgan fingerprint density at radius 3 is 2.33 bits per heavy atom. The number of hydrogen-bond donors (Lipinski definition) is 1. The summed E-state index contributed by atoms with van der Waals surface area (Å²) in [6.07, 6.45) is -4.82. The van der Waals surface area contributed by atoms with Crippen molar-refractivity contribution in [3.05, 3.63) is 58.9 Å². The number of alkyl halides is 3. The lowest BCUT2D eigenvalue weighted by atomic mass is 10.0. The molecule has 2 amide bonds. The number of nitriles is 1. The number of amides is 2. The number of carbonyl (C=O) groups is 2. The van der Waals surface area contributed by atoms with E-state index in [0.29, 0.717) is 32.2 Å². The van der Waals surface area contributed by atoms with E-state index in [4.69, 9.17) is 17.5 Å². The second-order valence-electron chi connectivity index (χ2n) is 8.86. The molecule has 36 heavy (non-hydrogen) atoms. The number of nitrogens with zero attached hydrogens (tertiary/aromatic N) is 4. The molecule has 2 fully saturated rings. The van der Waals surface area contributed by atoms with Crippen molar-refractivity contribution < 1.29 is 27.2 Å². The van der Waals surface area contributed by atoms with Gasteiger partial charge in [-0.05, 0) is 62.5 Å². The molecular weight excluding hydrogens is 498 g/mol. The fourth-order valence-corrected chi connectivity index (χ4v) is 4.84. The van der Waals surface area contributed by atoms with Gasteiger partial charge in [-0.3, -0.25) is 14.5 Å². The maximum Gasteiger partial charge on any atom is 0.417 e. The van der Waals surface area contributed by atoms with E-state index in [-0.39, 0.29) is 22.1 Å². The van der Waals surface area contributed by atoms with Crippen molar-refractivity contribution in [2.75, 3.05) is 36.0 Å². The Morgan fingerprint density at radius 1 is 1.11 bits per heavy atom. The molecule has 0 unspecified atom stereocenters. The Kier molecular flexibility index (Phi) is 6.49. The van der Waals surface area contributed by atoms with Crippen LogP contribution in [0.5, 0.6) is 0 Å². The molecule has 1 N–H and O–H groups in total. The van der Waals surface area contributed by atoms with Gasteiger partial charge in [-0.25, -0.2) is 4.39 Å². The molecule has 0 bridgehead atoms. The molecule has 188 valence electrons. The van der Waals surface area contributed by atoms with Crippen molar-refractivity contribution in [2.45, 2.75) is 25.6 Å². The zero-order chi connectivity index (χ0) is 26.4. The average Bonchev–Trinajstić information content (AvgIpc) is 3.01. The number of carbonyl (C=O) groups excluding carboxylic acids is 2. The average molecular weight is 520 g/mol. The van der Waals surface area contributed by atoms with Gasteiger partial charge in [0.15, 0.2) is 5.11 Å². The highest BCUT2D eigenvalue weighted by Crippen LogP contribution is 2.40. The largest absolute Gasteiger partial charge is 0.417 e. The fraction of sp³-hybridized carbons (Fsp3) is 0.333. The van der Waals surface area contributed by atoms with Crippen molar-refractivity contribution >= 4 is 40.5 Å². The van der Waals surface area contributed by atoms with Gasteiger partial charge in [-0.15, -0.1) is 0 Å². The van der Waals surface area contributed by atoms with Crippen LogP contribution in [0.2, 0.25) is 0 Å². The van der Waals surface area contributed by atoms with Gasteiger partial charge in [-0.2, -0.15) is 18.4 Å². The molecule has 2 aromatic carbocycles. The molecule has 0 aromatic heterocycles. The van der Waals surface area contributed by atoms with Gasteiger partial charge < -0.3 is 15.1 Å². The molecule has 7 nitrogen and oxygen atoms in total. The lowest BCUT2D eigenvalue weighted by Crippen LogP contribution is -2.46. The molecular formula is C24H21F4N5O2S. The predicted molar refractivity (Wildman–Crippen MR) is 128 cm³/mol. The molecule has 0 saturated carbocycles. The van der Waals surface area contributed by atoms with Gasteiger partial charge in [0.25, 0.3) is 11.8 Å². The minimum absolute atomic E-state index is 0.131. The van der Waals surface area contributed by atoms with Crippen LogP contribution in [-0.2, 0) is 11.0 Å². The highest BCUT2D eigenvalue weighted by Gasteiger charge is 2.51. The van der Waals surface area contributed by atoms with Crippen LogP contribution in [0, 0.1) is 17.1 Å². The number of thiocarbonyl (C=S) groups is 1. The van der Waals surface area contributed by atoms with E-state index >= 15 is 4.39 Å². The first kappa shape index (κ1) is 25.5. The molecule has 0 aliphatic carbocycles. The first-order valence-electron chi connectivity index (χ1n) is 11.0. The minimum Gasteiger partial charge on any atom is -0.336 e. The van der Waals surface area contributed by atoms with Crippen LogP contribution in [0.25, 0.3) is 0 Å². The van der Waals surface area contributed by atoms with E-state index in [1.165, 1.54) is 47.9 Å². The van der Waals surface area contributed by atoms with Gasteiger partial charge in [0.2, 0.25) is 0 Å². The van der Waals surface area contributed by atoms with Gasteiger partial charge in [0.05, 0.1) is 28.4 Å². The lowest BCUT2D eigenvalue weighted by molar-refractivity contribution is -0.137. The van der Waals surface area contributed by atoms with Gasteiger partial charge >= 0.3 is 6.18 Å². The first-order chi connectivity index (χ1) is 16.9. The maximum atomic E-state index is 15.1. The third-order valence-corrected chi connectivity index (χ3v) is 6.57. The molecule has 12 heteroatoms. The third-order valence-electron chi connectivity index (χ3n) is 6.20. The van der Waals surface area contributed by atoms with Crippen LogP contribution < -0.4 is 15.1 Å². The fourth-order valence-electron chi connectivity index (χ4n) is 4.31. The van der Waals surface area contributed by atoms with Gasteiger partial charge in [-0.1, -0.05) is 0 Å². The Bertz CT molecular complexity index is 1300. The van der Waals surface area contributed by atoms with Crippen LogP contribution in [0.4, 0.5) is 28.9 Å². The number of rotatable bonds is 3. The Morgan fingerprint density at radius 2 is 1.75 bits per heavy atom. The lowest BCUT2D eigenvalue weighted by Gasteiger charge is -2.30. The number of halogens is 4. The SMILES string of the molecule is CC1(C)C(=O)N(c2ccc(C#N)c(C(F)(F)F)c2)C(=S)N1c1ccc(C(=O)N2CCNCC2)c(F)c1. The van der Waals surface area contributed by atoms with E-state index in [0.717, 1.165) is 17.0 Å². The second kappa shape index (κ2) is 9.15. The van der Waals surface area contributed by atoms with Crippen molar-refractivity contribution in [1.29, 1.82) is 5.26 Å². The molecule has 2 saturated heterocycles. The number of benzene rings is 2. The van der Waals surface area contributed by atoms with Gasteiger partial charge in [0.1, 0.15) is 11.4 Å². The van der Waals surface area contributed by atoms with Crippen molar-refractivity contribution in [1.82, 2.24) is 10.2 Å². The topological polar surface area (TPSA) is 79.7 Å². The molecule has 0 spiro atoms. The van der Waals surface area contributed by atoms with Crippen LogP contribution >= 0.6 is 12.2 Å². The highest BCUT2D eigenvalue weighted by atomic mass is 32.1. The van der Waals surface area contributed by atoms with Crippen molar-refractivity contribution in [3.8, 4) is 6.07 Å². The summed E-state index contributed by atoms with van der Waals surface area (Å²) in [4.78, 5) is 29.8. The number of hydrogen-bond acceptors (Lipinski definition) is 5. The molecule has 2 heterocycles. The molecule has 2 aliphatic rings. The molecule has 0 radical (unpaired) electrons. The van der Waals surface area contributed by atoms with Crippen molar-refractivity contribution in [3.63, 3.8) is 0 Å².